The summed E-state index contributed by atoms with van der Waals surface area (Å²) in [6.07, 6.45) is 0. The van der Waals surface area contributed by atoms with Gasteiger partial charge in [-0.3, -0.25) is 19.0 Å². The van der Waals surface area contributed by atoms with Gasteiger partial charge < -0.3 is 0 Å². The van der Waals surface area contributed by atoms with Crippen LogP contribution in [0.15, 0.2) is 10.9 Å². The van der Waals surface area contributed by atoms with Gasteiger partial charge in [0.25, 0.3) is 5.56 Å². The van der Waals surface area contributed by atoms with E-state index in [0.29, 0.717) is 16.0 Å². The van der Waals surface area contributed by atoms with Crippen LogP contribution >= 0.6 is 11.3 Å². The molecule has 2 aromatic heterocycles. The van der Waals surface area contributed by atoms with Crippen molar-refractivity contribution >= 4 is 33.1 Å². The summed E-state index contributed by atoms with van der Waals surface area (Å²) < 4.78 is 1.19. The Hall–Kier alpha value is -1.82. The number of ketones is 2. The molecule has 2 rings (SSSR count). The number of aromatic nitrogens is 2. The van der Waals surface area contributed by atoms with Gasteiger partial charge in [0.2, 0.25) is 0 Å². The van der Waals surface area contributed by atoms with Gasteiger partial charge in [0.05, 0.1) is 5.39 Å². The number of fused-ring (bicyclic) bond motifs is 1. The number of hydrogen-bond acceptors (Lipinski definition) is 5. The number of thiophene rings is 1. The van der Waals surface area contributed by atoms with Gasteiger partial charge in [0.15, 0.2) is 17.6 Å². The van der Waals surface area contributed by atoms with Gasteiger partial charge in [-0.1, -0.05) is 0 Å². The van der Waals surface area contributed by atoms with Crippen molar-refractivity contribution in [2.75, 3.05) is 0 Å². The van der Waals surface area contributed by atoms with Gasteiger partial charge >= 0.3 is 0 Å². The molecule has 0 saturated heterocycles. The van der Waals surface area contributed by atoms with Crippen LogP contribution in [-0.2, 0) is 9.59 Å². The molecule has 0 unspecified atom stereocenters. The van der Waals surface area contributed by atoms with Crippen molar-refractivity contribution in [2.24, 2.45) is 0 Å². The number of aryl methyl sites for hydroxylation is 2. The van der Waals surface area contributed by atoms with Gasteiger partial charge in [0, 0.05) is 4.88 Å². The Labute approximate surface area is 113 Å². The minimum atomic E-state index is -1.08. The Morgan fingerprint density at radius 1 is 1.26 bits per heavy atom. The van der Waals surface area contributed by atoms with Crippen LogP contribution in [0.4, 0.5) is 0 Å². The zero-order chi connectivity index (χ0) is 14.3. The van der Waals surface area contributed by atoms with E-state index in [1.54, 1.807) is 13.0 Å². The Balaban J connectivity index is 2.83. The second-order valence-corrected chi connectivity index (χ2v) is 5.77. The van der Waals surface area contributed by atoms with Crippen LogP contribution in [0.25, 0.3) is 10.2 Å². The first-order valence-electron chi connectivity index (χ1n) is 5.83. The molecule has 0 aliphatic rings. The molecular weight excluding hydrogens is 264 g/mol. The van der Waals surface area contributed by atoms with Crippen LogP contribution < -0.4 is 5.56 Å². The third-order valence-corrected chi connectivity index (χ3v) is 3.87. The number of Topliss-reactive ketones (excluding diaryl/α,β-unsaturated/α-hetero) is 2. The summed E-state index contributed by atoms with van der Waals surface area (Å²) in [7, 11) is 0. The Morgan fingerprint density at radius 3 is 2.37 bits per heavy atom. The highest BCUT2D eigenvalue weighted by Gasteiger charge is 2.25. The average molecular weight is 278 g/mol. The lowest BCUT2D eigenvalue weighted by Crippen LogP contribution is -2.35. The number of nitrogens with zero attached hydrogens (tertiary/aromatic N) is 2. The second kappa shape index (κ2) is 4.70. The Bertz CT molecular complexity index is 728. The van der Waals surface area contributed by atoms with Gasteiger partial charge in [-0.05, 0) is 33.8 Å². The fourth-order valence-corrected chi connectivity index (χ4v) is 3.09. The molecular formula is C13H14N2O3S. The molecule has 6 heteroatoms. The summed E-state index contributed by atoms with van der Waals surface area (Å²) in [4.78, 5) is 41.6. The average Bonchev–Trinajstić information content (AvgIpc) is 2.63. The maximum atomic E-state index is 12.4. The number of carbonyl (C=O) groups excluding carboxylic acids is 2. The van der Waals surface area contributed by atoms with E-state index in [4.69, 9.17) is 0 Å². The highest BCUT2D eigenvalue weighted by molar-refractivity contribution is 7.18. The van der Waals surface area contributed by atoms with E-state index in [9.17, 15) is 14.4 Å². The molecule has 0 N–H and O–H groups in total. The minimum Gasteiger partial charge on any atom is -0.297 e. The third kappa shape index (κ3) is 2.23. The molecule has 0 aliphatic heterocycles. The highest BCUT2D eigenvalue weighted by atomic mass is 32.1. The van der Waals surface area contributed by atoms with E-state index in [1.807, 2.05) is 6.92 Å². The van der Waals surface area contributed by atoms with Crippen LogP contribution in [-0.4, -0.2) is 21.1 Å². The van der Waals surface area contributed by atoms with Crippen LogP contribution in [0, 0.1) is 13.8 Å². The summed E-state index contributed by atoms with van der Waals surface area (Å²) in [6, 6.07) is 0.660. The standard InChI is InChI=1S/C13H14N2O3S/c1-6-5-10-12(19-6)14-9(4)15(13(10)18)11(7(2)16)8(3)17/h5,11H,1-4H3. The summed E-state index contributed by atoms with van der Waals surface area (Å²) in [5.74, 6) is -0.327. The van der Waals surface area contributed by atoms with E-state index in [0.717, 1.165) is 4.88 Å². The predicted molar refractivity (Wildman–Crippen MR) is 73.8 cm³/mol. The van der Waals surface area contributed by atoms with Crippen LogP contribution in [0.1, 0.15) is 30.6 Å². The summed E-state index contributed by atoms with van der Waals surface area (Å²) in [5, 5.41) is 0.459. The first-order valence-corrected chi connectivity index (χ1v) is 6.64. The van der Waals surface area contributed by atoms with Crippen LogP contribution in [0.5, 0.6) is 0 Å². The normalized spacial score (nSPS) is 11.2. The Kier molecular flexibility index (Phi) is 3.36. The maximum absolute atomic E-state index is 12.4. The smallest absolute Gasteiger partial charge is 0.263 e. The molecule has 19 heavy (non-hydrogen) atoms. The molecule has 0 aliphatic carbocycles. The fourth-order valence-electron chi connectivity index (χ4n) is 2.17. The third-order valence-electron chi connectivity index (χ3n) is 2.93. The summed E-state index contributed by atoms with van der Waals surface area (Å²) in [6.45, 7) is 6.13. The molecule has 0 amide bonds. The molecule has 2 aromatic rings. The molecule has 0 aromatic carbocycles. The summed E-state index contributed by atoms with van der Waals surface area (Å²) in [5.41, 5.74) is -0.331. The van der Waals surface area contributed by atoms with E-state index in [2.05, 4.69) is 4.98 Å². The quantitative estimate of drug-likeness (QED) is 0.803. The molecule has 0 spiro atoms. The number of rotatable bonds is 3. The Morgan fingerprint density at radius 2 is 1.84 bits per heavy atom. The highest BCUT2D eigenvalue weighted by Crippen LogP contribution is 2.22. The van der Waals surface area contributed by atoms with Crippen LogP contribution in [0.3, 0.4) is 0 Å². The van der Waals surface area contributed by atoms with Crippen molar-refractivity contribution in [3.05, 3.63) is 27.1 Å². The van der Waals surface area contributed by atoms with Crippen molar-refractivity contribution in [1.82, 2.24) is 9.55 Å². The topological polar surface area (TPSA) is 69.0 Å². The SMILES string of the molecule is CC(=O)C(C(C)=O)n1c(C)nc2sc(C)cc2c1=O. The van der Waals surface area contributed by atoms with Gasteiger partial charge in [0.1, 0.15) is 10.7 Å². The van der Waals surface area contributed by atoms with Crippen molar-refractivity contribution in [2.45, 2.75) is 33.7 Å². The van der Waals surface area contributed by atoms with Gasteiger partial charge in [-0.25, -0.2) is 4.98 Å². The van der Waals surface area contributed by atoms with E-state index in [1.165, 1.54) is 29.8 Å². The summed E-state index contributed by atoms with van der Waals surface area (Å²) >= 11 is 1.42. The molecule has 100 valence electrons. The largest absolute Gasteiger partial charge is 0.297 e. The zero-order valence-corrected chi connectivity index (χ0v) is 12.0. The van der Waals surface area contributed by atoms with Crippen molar-refractivity contribution in [3.8, 4) is 0 Å². The fraction of sp³-hybridized carbons (Fsp3) is 0.385. The lowest BCUT2D eigenvalue weighted by atomic mass is 10.1. The molecule has 0 saturated carbocycles. The van der Waals surface area contributed by atoms with Crippen molar-refractivity contribution in [1.29, 1.82) is 0 Å². The lowest BCUT2D eigenvalue weighted by Gasteiger charge is -2.16. The molecule has 2 heterocycles. The zero-order valence-electron chi connectivity index (χ0n) is 11.2. The van der Waals surface area contributed by atoms with E-state index >= 15 is 0 Å². The lowest BCUT2D eigenvalue weighted by molar-refractivity contribution is -0.129. The van der Waals surface area contributed by atoms with E-state index in [-0.39, 0.29) is 17.1 Å². The van der Waals surface area contributed by atoms with Gasteiger partial charge in [-0.15, -0.1) is 11.3 Å². The second-order valence-electron chi connectivity index (χ2n) is 4.53. The number of carbonyl (C=O) groups is 2. The maximum Gasteiger partial charge on any atom is 0.263 e. The van der Waals surface area contributed by atoms with E-state index < -0.39 is 6.04 Å². The first-order chi connectivity index (χ1) is 8.82. The molecule has 0 atom stereocenters. The van der Waals surface area contributed by atoms with Crippen LogP contribution in [0.2, 0.25) is 0 Å². The molecule has 0 radical (unpaired) electrons. The minimum absolute atomic E-state index is 0.331. The molecule has 0 bridgehead atoms. The van der Waals surface area contributed by atoms with Crippen molar-refractivity contribution in [3.63, 3.8) is 0 Å². The monoisotopic (exact) mass is 278 g/mol. The molecule has 5 nitrogen and oxygen atoms in total. The van der Waals surface area contributed by atoms with Crippen molar-refractivity contribution < 1.29 is 9.59 Å². The first kappa shape index (κ1) is 13.6. The predicted octanol–water partition coefficient (Wildman–Crippen LogP) is 1.79. The molecule has 0 fully saturated rings. The van der Waals surface area contributed by atoms with Gasteiger partial charge in [-0.2, -0.15) is 0 Å². The number of hydrogen-bond donors (Lipinski definition) is 0.